The number of fused-ring (bicyclic) bond motifs is 1. The van der Waals surface area contributed by atoms with Crippen LogP contribution < -0.4 is 5.32 Å². The molecule has 0 aromatic heterocycles. The Morgan fingerprint density at radius 3 is 2.67 bits per heavy atom. The second-order valence-electron chi connectivity index (χ2n) is 4.03. The van der Waals surface area contributed by atoms with E-state index in [2.05, 4.69) is 11.4 Å². The standard InChI is InChI=1S/C11H9F3NO2.Y/c1-6-2-3-8-7(4-6)10(17,11(12,13)14)5-9(16)15-8;/h3-4,17H,5H2,1H3,(H,15,16);/q-1;. The summed E-state index contributed by atoms with van der Waals surface area (Å²) in [5.41, 5.74) is -3.04. The van der Waals surface area contributed by atoms with Gasteiger partial charge in [0.1, 0.15) is 0 Å². The molecule has 95 valence electrons. The fraction of sp³-hybridized carbons (Fsp3) is 0.364. The van der Waals surface area contributed by atoms with Gasteiger partial charge < -0.3 is 10.4 Å². The van der Waals surface area contributed by atoms with Crippen molar-refractivity contribution in [2.75, 3.05) is 5.32 Å². The molecule has 0 aliphatic carbocycles. The molecule has 0 spiro atoms. The summed E-state index contributed by atoms with van der Waals surface area (Å²) in [6.45, 7) is 1.56. The van der Waals surface area contributed by atoms with Crippen LogP contribution >= 0.6 is 0 Å². The van der Waals surface area contributed by atoms with Crippen molar-refractivity contribution in [2.45, 2.75) is 25.1 Å². The van der Waals surface area contributed by atoms with E-state index in [9.17, 15) is 23.1 Å². The molecule has 1 unspecified atom stereocenters. The minimum atomic E-state index is -4.90. The summed E-state index contributed by atoms with van der Waals surface area (Å²) >= 11 is 0. The third kappa shape index (κ3) is 2.46. The first kappa shape index (κ1) is 15.6. The van der Waals surface area contributed by atoms with Gasteiger partial charge in [0, 0.05) is 32.7 Å². The van der Waals surface area contributed by atoms with Crippen molar-refractivity contribution in [1.82, 2.24) is 0 Å². The van der Waals surface area contributed by atoms with Crippen LogP contribution in [0.5, 0.6) is 0 Å². The van der Waals surface area contributed by atoms with Crippen LogP contribution in [0.4, 0.5) is 18.9 Å². The summed E-state index contributed by atoms with van der Waals surface area (Å²) in [6, 6.07) is 5.09. The molecule has 1 aromatic carbocycles. The Balaban J connectivity index is 0.00000162. The van der Waals surface area contributed by atoms with Crippen LogP contribution in [-0.4, -0.2) is 17.2 Å². The van der Waals surface area contributed by atoms with E-state index in [4.69, 9.17) is 0 Å². The quantitative estimate of drug-likeness (QED) is 0.713. The Morgan fingerprint density at radius 2 is 2.11 bits per heavy atom. The molecular weight excluding hydrogens is 324 g/mol. The van der Waals surface area contributed by atoms with Gasteiger partial charge in [0.25, 0.3) is 0 Å². The third-order valence-electron chi connectivity index (χ3n) is 2.70. The smallest absolute Gasteiger partial charge is 0.379 e. The second kappa shape index (κ2) is 4.91. The average Bonchev–Trinajstić information content (AvgIpc) is 2.17. The Morgan fingerprint density at radius 1 is 1.50 bits per heavy atom. The van der Waals surface area contributed by atoms with Gasteiger partial charge in [0.05, 0.1) is 6.42 Å². The maximum absolute atomic E-state index is 12.9. The van der Waals surface area contributed by atoms with E-state index in [0.717, 1.165) is 0 Å². The first-order valence-electron chi connectivity index (χ1n) is 4.86. The predicted octanol–water partition coefficient (Wildman–Crippen LogP) is 1.88. The first-order valence-corrected chi connectivity index (χ1v) is 4.86. The van der Waals surface area contributed by atoms with Gasteiger partial charge in [0.15, 0.2) is 5.60 Å². The molecule has 18 heavy (non-hydrogen) atoms. The van der Waals surface area contributed by atoms with Gasteiger partial charge >= 0.3 is 6.18 Å². The number of alkyl halides is 3. The molecule has 1 radical (unpaired) electrons. The molecule has 2 rings (SSSR count). The summed E-state index contributed by atoms with van der Waals surface area (Å²) in [6.07, 6.45) is -5.92. The fourth-order valence-corrected chi connectivity index (χ4v) is 1.82. The maximum atomic E-state index is 12.9. The normalized spacial score (nSPS) is 22.8. The molecule has 1 aliphatic heterocycles. The van der Waals surface area contributed by atoms with E-state index in [1.54, 1.807) is 6.92 Å². The predicted molar refractivity (Wildman–Crippen MR) is 53.2 cm³/mol. The topological polar surface area (TPSA) is 49.3 Å². The van der Waals surface area contributed by atoms with Gasteiger partial charge in [-0.25, -0.2) is 0 Å². The van der Waals surface area contributed by atoms with Crippen molar-refractivity contribution in [1.29, 1.82) is 0 Å². The summed E-state index contributed by atoms with van der Waals surface area (Å²) in [5, 5.41) is 12.0. The van der Waals surface area contributed by atoms with E-state index in [1.165, 1.54) is 12.1 Å². The molecule has 3 nitrogen and oxygen atoms in total. The summed E-state index contributed by atoms with van der Waals surface area (Å²) in [4.78, 5) is 11.2. The molecule has 1 atom stereocenters. The van der Waals surface area contributed by atoms with Crippen molar-refractivity contribution in [2.24, 2.45) is 0 Å². The number of halogens is 3. The average molecular weight is 333 g/mol. The SMILES string of the molecule is Cc1[c-]cc2c(c1)C(O)(C(F)(F)F)CC(=O)N2.[Y]. The summed E-state index contributed by atoms with van der Waals surface area (Å²) in [7, 11) is 0. The number of benzene rings is 1. The minimum absolute atomic E-state index is 0. The van der Waals surface area contributed by atoms with Gasteiger partial charge in [-0.3, -0.25) is 4.79 Å². The van der Waals surface area contributed by atoms with Crippen molar-refractivity contribution in [3.8, 4) is 0 Å². The Kier molecular flexibility index (Phi) is 4.25. The Hall–Kier alpha value is -0.456. The zero-order chi connectivity index (χ0) is 12.8. The molecule has 7 heteroatoms. The molecule has 1 aromatic rings. The number of anilines is 1. The van der Waals surface area contributed by atoms with Gasteiger partial charge in [-0.15, -0.1) is 0 Å². The number of hydrogen-bond acceptors (Lipinski definition) is 2. The van der Waals surface area contributed by atoms with Crippen LogP contribution in [0.25, 0.3) is 0 Å². The molecule has 0 saturated heterocycles. The fourth-order valence-electron chi connectivity index (χ4n) is 1.82. The van der Waals surface area contributed by atoms with Crippen LogP contribution in [0.15, 0.2) is 12.1 Å². The molecule has 2 N–H and O–H groups in total. The summed E-state index contributed by atoms with van der Waals surface area (Å²) in [5.74, 6) is -0.866. The van der Waals surface area contributed by atoms with Crippen LogP contribution in [0, 0.1) is 13.0 Å². The van der Waals surface area contributed by atoms with Gasteiger partial charge in [-0.1, -0.05) is 18.2 Å². The summed E-state index contributed by atoms with van der Waals surface area (Å²) < 4.78 is 38.6. The van der Waals surface area contributed by atoms with Gasteiger partial charge in [-0.2, -0.15) is 36.9 Å². The number of amides is 1. The van der Waals surface area contributed by atoms with Crippen molar-refractivity contribution >= 4 is 11.6 Å². The number of rotatable bonds is 0. The number of aliphatic hydroxyl groups is 1. The zero-order valence-corrected chi connectivity index (χ0v) is 12.3. The second-order valence-corrected chi connectivity index (χ2v) is 4.03. The van der Waals surface area contributed by atoms with Crippen LogP contribution in [-0.2, 0) is 43.1 Å². The molecule has 1 amide bonds. The monoisotopic (exact) mass is 333 g/mol. The van der Waals surface area contributed by atoms with Crippen LogP contribution in [0.3, 0.4) is 0 Å². The Labute approximate surface area is 127 Å². The molecule has 1 aliphatic rings. The minimum Gasteiger partial charge on any atom is -0.379 e. The molecule has 0 fully saturated rings. The first-order chi connectivity index (χ1) is 7.74. The van der Waals surface area contributed by atoms with Crippen molar-refractivity contribution < 1.29 is 55.8 Å². The van der Waals surface area contributed by atoms with Crippen molar-refractivity contribution in [3.05, 3.63) is 29.3 Å². The Bertz CT molecular complexity index is 490. The molecule has 0 bridgehead atoms. The van der Waals surface area contributed by atoms with Crippen LogP contribution in [0.2, 0.25) is 0 Å². The van der Waals surface area contributed by atoms with E-state index in [1.807, 2.05) is 0 Å². The van der Waals surface area contributed by atoms with Gasteiger partial charge in [0.2, 0.25) is 5.91 Å². The van der Waals surface area contributed by atoms with Crippen LogP contribution in [0.1, 0.15) is 17.5 Å². The van der Waals surface area contributed by atoms with E-state index in [0.29, 0.717) is 5.56 Å². The van der Waals surface area contributed by atoms with Gasteiger partial charge in [-0.05, 0) is 0 Å². The number of carbonyl (C=O) groups is 1. The van der Waals surface area contributed by atoms with E-state index < -0.39 is 24.1 Å². The van der Waals surface area contributed by atoms with E-state index >= 15 is 0 Å². The number of nitrogens with one attached hydrogen (secondary N) is 1. The largest absolute Gasteiger partial charge is 0.419 e. The number of carbonyl (C=O) groups excluding carboxylic acids is 1. The zero-order valence-electron chi connectivity index (χ0n) is 9.43. The third-order valence-corrected chi connectivity index (χ3v) is 2.70. The molecular formula is C11H9F3NO2Y-. The number of aryl methyl sites for hydroxylation is 1. The van der Waals surface area contributed by atoms with E-state index in [-0.39, 0.29) is 44.0 Å². The molecule has 0 saturated carbocycles. The maximum Gasteiger partial charge on any atom is 0.419 e. The number of hydrogen-bond donors (Lipinski definition) is 2. The van der Waals surface area contributed by atoms with Crippen molar-refractivity contribution in [3.63, 3.8) is 0 Å². The molecule has 1 heterocycles.